The number of rotatable bonds is 3. The van der Waals surface area contributed by atoms with Crippen LogP contribution in [0.5, 0.6) is 0 Å². The van der Waals surface area contributed by atoms with E-state index in [4.69, 9.17) is 4.74 Å². The molecule has 2 N–H and O–H groups in total. The largest absolute Gasteiger partial charge is 0.377 e. The van der Waals surface area contributed by atoms with Crippen LogP contribution in [0.4, 0.5) is 5.95 Å². The first-order valence-electron chi connectivity index (χ1n) is 9.23. The van der Waals surface area contributed by atoms with Gasteiger partial charge in [0, 0.05) is 18.5 Å². The molecular formula is C19H26N6O. The van der Waals surface area contributed by atoms with Crippen LogP contribution in [-0.2, 0) is 4.74 Å². The van der Waals surface area contributed by atoms with Gasteiger partial charge in [0.1, 0.15) is 0 Å². The average Bonchev–Trinajstić information content (AvgIpc) is 3.12. The number of aromatic nitrogens is 2. The summed E-state index contributed by atoms with van der Waals surface area (Å²) in [6.45, 7) is 9.45. The molecule has 1 saturated heterocycles. The maximum atomic E-state index is 5.70. The van der Waals surface area contributed by atoms with Gasteiger partial charge in [0.15, 0.2) is 0 Å². The van der Waals surface area contributed by atoms with E-state index < -0.39 is 0 Å². The minimum Gasteiger partial charge on any atom is -0.377 e. The van der Waals surface area contributed by atoms with Crippen molar-refractivity contribution in [2.45, 2.75) is 39.7 Å². The maximum Gasteiger partial charge on any atom is 0.230 e. The van der Waals surface area contributed by atoms with Crippen molar-refractivity contribution in [1.29, 1.82) is 0 Å². The second-order valence-electron chi connectivity index (χ2n) is 7.18. The van der Waals surface area contributed by atoms with Crippen LogP contribution < -0.4 is 10.6 Å². The molecule has 1 atom stereocenters. The third kappa shape index (κ3) is 3.64. The number of guanidine groups is 1. The van der Waals surface area contributed by atoms with Crippen molar-refractivity contribution >= 4 is 22.8 Å². The van der Waals surface area contributed by atoms with Gasteiger partial charge in [-0.3, -0.25) is 10.2 Å². The van der Waals surface area contributed by atoms with Gasteiger partial charge in [-0.2, -0.15) is 0 Å². The van der Waals surface area contributed by atoms with E-state index in [1.54, 1.807) is 0 Å². The Hall–Kier alpha value is -2.25. The minimum atomic E-state index is 0.347. The molecule has 2 aliphatic rings. The van der Waals surface area contributed by atoms with E-state index >= 15 is 0 Å². The summed E-state index contributed by atoms with van der Waals surface area (Å²) in [6, 6.07) is 4.27. The van der Waals surface area contributed by atoms with E-state index in [2.05, 4.69) is 56.5 Å². The molecule has 1 aromatic carbocycles. The first-order valence-corrected chi connectivity index (χ1v) is 9.23. The topological polar surface area (TPSA) is 74.7 Å². The van der Waals surface area contributed by atoms with Crippen molar-refractivity contribution in [1.82, 2.24) is 20.2 Å². The molecule has 7 nitrogen and oxygen atoms in total. The number of hydrogen-bond acceptors (Lipinski definition) is 7. The lowest BCUT2D eigenvalue weighted by molar-refractivity contribution is 0.0715. The van der Waals surface area contributed by atoms with E-state index in [0.717, 1.165) is 48.8 Å². The monoisotopic (exact) mass is 354 g/mol. The fourth-order valence-corrected chi connectivity index (χ4v) is 3.45. The van der Waals surface area contributed by atoms with Gasteiger partial charge in [-0.15, -0.1) is 0 Å². The highest BCUT2D eigenvalue weighted by Crippen LogP contribution is 2.21. The molecule has 0 spiro atoms. The lowest BCUT2D eigenvalue weighted by atomic mass is 10.1. The van der Waals surface area contributed by atoms with E-state index in [1.807, 2.05) is 6.92 Å². The third-order valence-electron chi connectivity index (χ3n) is 5.12. The van der Waals surface area contributed by atoms with Gasteiger partial charge in [0.25, 0.3) is 0 Å². The average molecular weight is 354 g/mol. The van der Waals surface area contributed by atoms with Crippen LogP contribution in [0.25, 0.3) is 10.9 Å². The highest BCUT2D eigenvalue weighted by molar-refractivity contribution is 5.93. The Morgan fingerprint density at radius 1 is 1.23 bits per heavy atom. The number of fused-ring (bicyclic) bond motifs is 1. The molecule has 0 aliphatic carbocycles. The van der Waals surface area contributed by atoms with E-state index in [0.29, 0.717) is 18.7 Å². The Morgan fingerprint density at radius 3 is 2.81 bits per heavy atom. The Labute approximate surface area is 153 Å². The van der Waals surface area contributed by atoms with E-state index in [9.17, 15) is 0 Å². The van der Waals surface area contributed by atoms with Crippen LogP contribution >= 0.6 is 0 Å². The number of nitrogens with one attached hydrogen (secondary N) is 2. The van der Waals surface area contributed by atoms with E-state index in [1.165, 1.54) is 17.5 Å². The van der Waals surface area contributed by atoms with Gasteiger partial charge in [0.05, 0.1) is 30.7 Å². The quantitative estimate of drug-likeness (QED) is 0.881. The summed E-state index contributed by atoms with van der Waals surface area (Å²) in [4.78, 5) is 16.1. The van der Waals surface area contributed by atoms with Crippen LogP contribution in [0.3, 0.4) is 0 Å². The molecule has 138 valence electrons. The first kappa shape index (κ1) is 17.2. The fourth-order valence-electron chi connectivity index (χ4n) is 3.45. The molecular weight excluding hydrogens is 328 g/mol. The zero-order valence-corrected chi connectivity index (χ0v) is 15.7. The highest BCUT2D eigenvalue weighted by atomic mass is 16.5. The van der Waals surface area contributed by atoms with E-state index in [-0.39, 0.29) is 0 Å². The van der Waals surface area contributed by atoms with Gasteiger partial charge >= 0.3 is 0 Å². The van der Waals surface area contributed by atoms with Crippen molar-refractivity contribution in [2.75, 3.05) is 31.8 Å². The van der Waals surface area contributed by atoms with Gasteiger partial charge in [-0.05, 0) is 56.9 Å². The molecule has 0 unspecified atom stereocenters. The molecule has 4 rings (SSSR count). The van der Waals surface area contributed by atoms with Crippen molar-refractivity contribution in [3.8, 4) is 0 Å². The van der Waals surface area contributed by atoms with Crippen LogP contribution in [0.1, 0.15) is 29.7 Å². The van der Waals surface area contributed by atoms with Crippen LogP contribution in [0.2, 0.25) is 0 Å². The number of hydrogen-bond donors (Lipinski definition) is 2. The summed E-state index contributed by atoms with van der Waals surface area (Å²) in [5, 5.41) is 7.63. The van der Waals surface area contributed by atoms with Crippen LogP contribution in [0, 0.1) is 20.8 Å². The molecule has 1 fully saturated rings. The van der Waals surface area contributed by atoms with Crippen molar-refractivity contribution in [3.05, 3.63) is 29.0 Å². The Kier molecular flexibility index (Phi) is 4.74. The number of benzene rings is 1. The fraction of sp³-hybridized carbons (Fsp3) is 0.526. The molecule has 1 aromatic heterocycles. The number of aliphatic imine (C=N–C) groups is 1. The molecule has 0 saturated carbocycles. The summed E-state index contributed by atoms with van der Waals surface area (Å²) in [5.74, 6) is 1.30. The summed E-state index contributed by atoms with van der Waals surface area (Å²) in [6.07, 6.45) is 2.66. The molecule has 0 amide bonds. The normalized spacial score (nSPS) is 20.9. The van der Waals surface area contributed by atoms with Crippen molar-refractivity contribution in [3.63, 3.8) is 0 Å². The molecule has 2 aliphatic heterocycles. The standard InChI is InChI=1S/C19H26N6O/c1-12-7-16-14(3)22-19(23-17(16)8-13(12)2)24-18-20-10-25(11-21-18)9-15-5-4-6-26-15/h7-8,15H,4-6,9-11H2,1-3H3,(H2,20,21,22,23,24)/t15-/m1/s1. The smallest absolute Gasteiger partial charge is 0.230 e. The summed E-state index contributed by atoms with van der Waals surface area (Å²) < 4.78 is 5.70. The molecule has 0 bridgehead atoms. The summed E-state index contributed by atoms with van der Waals surface area (Å²) >= 11 is 0. The molecule has 7 heteroatoms. The lowest BCUT2D eigenvalue weighted by Gasteiger charge is -2.28. The van der Waals surface area contributed by atoms with Gasteiger partial charge in [-0.1, -0.05) is 0 Å². The number of aryl methyl sites for hydroxylation is 3. The molecule has 3 heterocycles. The summed E-state index contributed by atoms with van der Waals surface area (Å²) in [7, 11) is 0. The van der Waals surface area contributed by atoms with Gasteiger partial charge in [0.2, 0.25) is 11.9 Å². The Bertz CT molecular complexity index is 844. The third-order valence-corrected chi connectivity index (χ3v) is 5.12. The lowest BCUT2D eigenvalue weighted by Crippen LogP contribution is -2.48. The molecule has 2 aromatic rings. The predicted molar refractivity (Wildman–Crippen MR) is 103 cm³/mol. The van der Waals surface area contributed by atoms with Crippen LogP contribution in [0.15, 0.2) is 17.1 Å². The molecule has 0 radical (unpaired) electrons. The number of ether oxygens (including phenoxy) is 1. The number of nitrogens with zero attached hydrogens (tertiary/aromatic N) is 4. The first-order chi connectivity index (χ1) is 12.6. The maximum absolute atomic E-state index is 5.70. The summed E-state index contributed by atoms with van der Waals surface area (Å²) in [5.41, 5.74) is 4.42. The zero-order valence-electron chi connectivity index (χ0n) is 15.7. The van der Waals surface area contributed by atoms with Gasteiger partial charge < -0.3 is 10.1 Å². The number of anilines is 1. The molecule has 26 heavy (non-hydrogen) atoms. The van der Waals surface area contributed by atoms with Crippen molar-refractivity contribution in [2.24, 2.45) is 4.99 Å². The van der Waals surface area contributed by atoms with Crippen molar-refractivity contribution < 1.29 is 4.74 Å². The Morgan fingerprint density at radius 2 is 2.08 bits per heavy atom. The zero-order chi connectivity index (χ0) is 18.1. The SMILES string of the molecule is Cc1cc2nc(NC3=NCN(C[C@H]4CCCO4)CN3)nc(C)c2cc1C. The predicted octanol–water partition coefficient (Wildman–Crippen LogP) is 2.32. The second-order valence-corrected chi connectivity index (χ2v) is 7.18. The Balaban J connectivity index is 1.45. The van der Waals surface area contributed by atoms with Gasteiger partial charge in [-0.25, -0.2) is 15.0 Å². The second kappa shape index (κ2) is 7.17. The minimum absolute atomic E-state index is 0.347. The van der Waals surface area contributed by atoms with Crippen LogP contribution in [-0.4, -0.2) is 53.4 Å². The highest BCUT2D eigenvalue weighted by Gasteiger charge is 2.21.